The Hall–Kier alpha value is -2.60. The van der Waals surface area contributed by atoms with Crippen molar-refractivity contribution in [2.45, 2.75) is 12.5 Å². The second kappa shape index (κ2) is 7.11. The van der Waals surface area contributed by atoms with E-state index in [1.165, 1.54) is 0 Å². The molecule has 0 radical (unpaired) electrons. The van der Waals surface area contributed by atoms with Gasteiger partial charge in [-0.3, -0.25) is 9.78 Å². The molecule has 4 rings (SSSR count). The number of nitrogens with zero attached hydrogens (tertiary/aromatic N) is 2. The van der Waals surface area contributed by atoms with E-state index in [-0.39, 0.29) is 12.0 Å². The molecule has 1 atom stereocenters. The van der Waals surface area contributed by atoms with Crippen molar-refractivity contribution in [1.29, 1.82) is 0 Å². The van der Waals surface area contributed by atoms with Gasteiger partial charge in [-0.25, -0.2) is 4.98 Å². The average Bonchev–Trinajstić information content (AvgIpc) is 3.15. The van der Waals surface area contributed by atoms with E-state index >= 15 is 0 Å². The third kappa shape index (κ3) is 3.44. The summed E-state index contributed by atoms with van der Waals surface area (Å²) in [6.07, 6.45) is 4.46. The summed E-state index contributed by atoms with van der Waals surface area (Å²) < 4.78 is 5.94. The minimum atomic E-state index is -0.244. The molecule has 1 N–H and O–H groups in total. The Labute approximate surface area is 149 Å². The highest BCUT2D eigenvalue weighted by atomic mass is 32.2. The first-order valence-electron chi connectivity index (χ1n) is 8.16. The smallest absolute Gasteiger partial charge is 0.261 e. The molecule has 2 aromatic heterocycles. The van der Waals surface area contributed by atoms with Crippen LogP contribution in [0.25, 0.3) is 10.9 Å². The number of thioether (sulfide) groups is 1. The average molecular weight is 351 g/mol. The Kier molecular flexibility index (Phi) is 4.52. The molecule has 3 heterocycles. The first-order valence-corrected chi connectivity index (χ1v) is 9.31. The third-order valence-electron chi connectivity index (χ3n) is 4.06. The second-order valence-corrected chi connectivity index (χ2v) is 6.94. The minimum absolute atomic E-state index is 0.116. The summed E-state index contributed by atoms with van der Waals surface area (Å²) in [5.41, 5.74) is 1.87. The molecule has 1 aromatic carbocycles. The lowest BCUT2D eigenvalue weighted by Gasteiger charge is -2.15. The van der Waals surface area contributed by atoms with E-state index in [0.717, 1.165) is 28.8 Å². The molecule has 0 saturated carbocycles. The molecule has 1 aliphatic rings. The predicted molar refractivity (Wildman–Crippen MR) is 100 cm³/mol. The molecule has 3 aromatic rings. The lowest BCUT2D eigenvalue weighted by Crippen LogP contribution is -2.20. The van der Waals surface area contributed by atoms with Crippen molar-refractivity contribution in [3.63, 3.8) is 0 Å². The van der Waals surface area contributed by atoms with Crippen LogP contribution in [0.1, 0.15) is 16.8 Å². The van der Waals surface area contributed by atoms with E-state index in [0.29, 0.717) is 17.1 Å². The van der Waals surface area contributed by atoms with Crippen LogP contribution in [0.5, 0.6) is 5.88 Å². The van der Waals surface area contributed by atoms with Gasteiger partial charge < -0.3 is 10.1 Å². The summed E-state index contributed by atoms with van der Waals surface area (Å²) in [7, 11) is 0. The molecule has 0 spiro atoms. The van der Waals surface area contributed by atoms with Gasteiger partial charge in [0.25, 0.3) is 5.91 Å². The normalized spacial score (nSPS) is 16.7. The number of carbonyl (C=O) groups is 1. The van der Waals surface area contributed by atoms with Gasteiger partial charge in [-0.15, -0.1) is 0 Å². The first kappa shape index (κ1) is 15.9. The molecule has 0 aliphatic carbocycles. The highest BCUT2D eigenvalue weighted by Gasteiger charge is 2.21. The van der Waals surface area contributed by atoms with Gasteiger partial charge in [-0.1, -0.05) is 18.2 Å². The number of ether oxygens (including phenoxy) is 1. The molecule has 5 nitrogen and oxygen atoms in total. The van der Waals surface area contributed by atoms with E-state index < -0.39 is 0 Å². The van der Waals surface area contributed by atoms with Crippen molar-refractivity contribution >= 4 is 34.3 Å². The zero-order valence-corrected chi connectivity index (χ0v) is 14.3. The number of amides is 1. The van der Waals surface area contributed by atoms with Crippen molar-refractivity contribution in [2.24, 2.45) is 0 Å². The van der Waals surface area contributed by atoms with E-state index in [1.54, 1.807) is 24.5 Å². The SMILES string of the molecule is O=C(Nc1cccc2cccnc12)c1cccnc1O[C@@H]1CCSC1. The number of hydrogen-bond donors (Lipinski definition) is 1. The Morgan fingerprint density at radius 2 is 1.96 bits per heavy atom. The molecule has 1 saturated heterocycles. The van der Waals surface area contributed by atoms with Crippen molar-refractivity contribution in [1.82, 2.24) is 9.97 Å². The number of nitrogens with one attached hydrogen (secondary N) is 1. The molecule has 1 fully saturated rings. The topological polar surface area (TPSA) is 64.1 Å². The number of carbonyl (C=O) groups excluding carboxylic acids is 1. The zero-order chi connectivity index (χ0) is 17.1. The molecule has 6 heteroatoms. The Balaban J connectivity index is 1.60. The van der Waals surface area contributed by atoms with E-state index in [1.807, 2.05) is 42.1 Å². The van der Waals surface area contributed by atoms with Gasteiger partial charge in [0.05, 0.1) is 11.2 Å². The lowest BCUT2D eigenvalue weighted by molar-refractivity contribution is 0.101. The molecule has 0 bridgehead atoms. The Bertz CT molecular complexity index is 905. The molecule has 1 amide bonds. The fraction of sp³-hybridized carbons (Fsp3) is 0.211. The highest BCUT2D eigenvalue weighted by molar-refractivity contribution is 7.99. The Morgan fingerprint density at radius 1 is 1.12 bits per heavy atom. The summed E-state index contributed by atoms with van der Waals surface area (Å²) >= 11 is 1.86. The van der Waals surface area contributed by atoms with Crippen molar-refractivity contribution in [3.8, 4) is 5.88 Å². The van der Waals surface area contributed by atoms with Gasteiger partial charge in [-0.05, 0) is 36.4 Å². The number of para-hydroxylation sites is 1. The zero-order valence-electron chi connectivity index (χ0n) is 13.5. The fourth-order valence-corrected chi connectivity index (χ4v) is 3.91. The lowest BCUT2D eigenvalue weighted by atomic mass is 10.2. The summed E-state index contributed by atoms with van der Waals surface area (Å²) in [6.45, 7) is 0. The van der Waals surface area contributed by atoms with E-state index in [4.69, 9.17) is 4.74 Å². The standard InChI is InChI=1S/C19H17N3O2S/c23-18(22-16-7-1-4-13-5-2-9-20-17(13)16)15-6-3-10-21-19(15)24-14-8-11-25-12-14/h1-7,9-10,14H,8,11-12H2,(H,22,23)/t14-/m1/s1. The minimum Gasteiger partial charge on any atom is -0.473 e. The summed E-state index contributed by atoms with van der Waals surface area (Å²) in [5.74, 6) is 2.17. The van der Waals surface area contributed by atoms with E-state index in [2.05, 4.69) is 15.3 Å². The number of pyridine rings is 2. The number of anilines is 1. The van der Waals surface area contributed by atoms with Crippen LogP contribution in [-0.2, 0) is 0 Å². The maximum Gasteiger partial charge on any atom is 0.261 e. The maximum atomic E-state index is 12.8. The number of aromatic nitrogens is 2. The largest absolute Gasteiger partial charge is 0.473 e. The summed E-state index contributed by atoms with van der Waals surface area (Å²) in [5, 5.41) is 3.92. The Morgan fingerprint density at radius 3 is 2.84 bits per heavy atom. The number of fused-ring (bicyclic) bond motifs is 1. The van der Waals surface area contributed by atoms with Crippen LogP contribution in [0, 0.1) is 0 Å². The molecular weight excluding hydrogens is 334 g/mol. The van der Waals surface area contributed by atoms with Crippen LogP contribution in [0.2, 0.25) is 0 Å². The van der Waals surface area contributed by atoms with Gasteiger partial charge >= 0.3 is 0 Å². The van der Waals surface area contributed by atoms with E-state index in [9.17, 15) is 4.79 Å². The van der Waals surface area contributed by atoms with Crippen molar-refractivity contribution in [3.05, 3.63) is 60.4 Å². The van der Waals surface area contributed by atoms with Gasteiger partial charge in [0.15, 0.2) is 0 Å². The molecular formula is C19H17N3O2S. The number of rotatable bonds is 4. The van der Waals surface area contributed by atoms with Crippen LogP contribution in [0.15, 0.2) is 54.9 Å². The number of hydrogen-bond acceptors (Lipinski definition) is 5. The number of benzene rings is 1. The van der Waals surface area contributed by atoms with Crippen LogP contribution >= 0.6 is 11.8 Å². The van der Waals surface area contributed by atoms with Gasteiger partial charge in [-0.2, -0.15) is 11.8 Å². The van der Waals surface area contributed by atoms with Crippen LogP contribution in [0.4, 0.5) is 5.69 Å². The quantitative estimate of drug-likeness (QED) is 0.775. The van der Waals surface area contributed by atoms with Crippen LogP contribution < -0.4 is 10.1 Å². The molecule has 1 aliphatic heterocycles. The summed E-state index contributed by atoms with van der Waals surface area (Å²) in [6, 6.07) is 13.0. The molecule has 0 unspecified atom stereocenters. The maximum absolute atomic E-state index is 12.8. The fourth-order valence-electron chi connectivity index (χ4n) is 2.82. The molecule has 126 valence electrons. The first-order chi connectivity index (χ1) is 12.3. The van der Waals surface area contributed by atoms with Crippen molar-refractivity contribution < 1.29 is 9.53 Å². The van der Waals surface area contributed by atoms with Crippen LogP contribution in [-0.4, -0.2) is 33.5 Å². The van der Waals surface area contributed by atoms with Gasteiger partial charge in [0.1, 0.15) is 11.7 Å². The monoisotopic (exact) mass is 351 g/mol. The third-order valence-corrected chi connectivity index (χ3v) is 5.19. The van der Waals surface area contributed by atoms with Crippen molar-refractivity contribution in [2.75, 3.05) is 16.8 Å². The van der Waals surface area contributed by atoms with Gasteiger partial charge in [0.2, 0.25) is 5.88 Å². The van der Waals surface area contributed by atoms with Crippen LogP contribution in [0.3, 0.4) is 0 Å². The molecule has 25 heavy (non-hydrogen) atoms. The predicted octanol–water partition coefficient (Wildman–Crippen LogP) is 3.77. The van der Waals surface area contributed by atoms with Gasteiger partial charge in [0, 0.05) is 23.5 Å². The highest BCUT2D eigenvalue weighted by Crippen LogP contribution is 2.26. The summed E-state index contributed by atoms with van der Waals surface area (Å²) in [4.78, 5) is 21.4. The second-order valence-electron chi connectivity index (χ2n) is 5.79.